The van der Waals surface area contributed by atoms with Crippen LogP contribution < -0.4 is 15.4 Å². The van der Waals surface area contributed by atoms with Crippen LogP contribution in [0, 0.1) is 5.92 Å². The topological polar surface area (TPSA) is 87.7 Å². The molecule has 0 fully saturated rings. The molecule has 0 radical (unpaired) electrons. The second-order valence-electron chi connectivity index (χ2n) is 8.52. The number of halogens is 3. The first-order chi connectivity index (χ1) is 16.3. The normalized spacial score (nSPS) is 13.1. The number of alkyl halides is 3. The molecule has 1 aromatic rings. The summed E-state index contributed by atoms with van der Waals surface area (Å²) in [4.78, 5) is 25.4. The number of hydrogen-bond acceptors (Lipinski definition) is 6. The van der Waals surface area contributed by atoms with Crippen LogP contribution in [0.25, 0.3) is 0 Å². The number of aryl methyl sites for hydroxylation is 1. The molecule has 0 aliphatic heterocycles. The van der Waals surface area contributed by atoms with Gasteiger partial charge in [0.25, 0.3) is 0 Å². The van der Waals surface area contributed by atoms with Crippen LogP contribution in [0.5, 0.6) is 5.75 Å². The molecular formula is C25H35F3N2O4S. The summed E-state index contributed by atoms with van der Waals surface area (Å²) in [5, 5.41) is 15.4. The van der Waals surface area contributed by atoms with Gasteiger partial charge in [-0.3, -0.25) is 9.59 Å². The minimum Gasteiger partial charge on any atom is -0.513 e. The zero-order valence-corrected chi connectivity index (χ0v) is 21.4. The number of ether oxygens (including phenoxy) is 1. The van der Waals surface area contributed by atoms with Gasteiger partial charge in [-0.05, 0) is 35.6 Å². The van der Waals surface area contributed by atoms with Gasteiger partial charge in [-0.1, -0.05) is 40.0 Å². The van der Waals surface area contributed by atoms with Crippen molar-refractivity contribution in [2.24, 2.45) is 5.92 Å². The largest absolute Gasteiger partial charge is 0.513 e. The van der Waals surface area contributed by atoms with E-state index in [2.05, 4.69) is 23.8 Å². The van der Waals surface area contributed by atoms with Gasteiger partial charge in [0.05, 0.1) is 42.9 Å². The molecule has 0 saturated carbocycles. The molecule has 1 rings (SSSR count). The zero-order chi connectivity index (χ0) is 26.8. The minimum atomic E-state index is -4.38. The first-order valence-corrected chi connectivity index (χ1v) is 12.4. The number of Topliss-reactive ketones (excluding diaryl/α,β-unsaturated/α-hetero) is 1. The number of thioether (sulfide) groups is 1. The molecule has 35 heavy (non-hydrogen) atoms. The predicted molar refractivity (Wildman–Crippen MR) is 134 cm³/mol. The van der Waals surface area contributed by atoms with Gasteiger partial charge in [-0.2, -0.15) is 13.2 Å². The Morgan fingerprint density at radius 3 is 2.34 bits per heavy atom. The van der Waals surface area contributed by atoms with E-state index >= 15 is 0 Å². The van der Waals surface area contributed by atoms with Gasteiger partial charge in [0.1, 0.15) is 5.75 Å². The van der Waals surface area contributed by atoms with Gasteiger partial charge < -0.3 is 20.5 Å². The van der Waals surface area contributed by atoms with E-state index in [4.69, 9.17) is 4.74 Å². The first-order valence-electron chi connectivity index (χ1n) is 11.2. The fraction of sp³-hybridized carbons (Fsp3) is 0.520. The standard InChI is InChI=1S/C25H35F3N2O4S/c1-7-18-8-9-20(34-6)11-19(18)12-23(33)30-24(15(2)3)17(5)29-21(10-16(4)31)22(32)13-35-14-25(26,27)28/h8-9,11,15,21,24,29,31H,4-5,7,10,12-14H2,1-3,6H3,(H,30,33)/t21-,24-/m0/s1. The van der Waals surface area contributed by atoms with Crippen LogP contribution >= 0.6 is 11.8 Å². The lowest BCUT2D eigenvalue weighted by Gasteiger charge is -2.29. The fourth-order valence-corrected chi connectivity index (χ4v) is 4.19. The monoisotopic (exact) mass is 516 g/mol. The van der Waals surface area contributed by atoms with Crippen LogP contribution in [0.3, 0.4) is 0 Å². The number of rotatable bonds is 15. The van der Waals surface area contributed by atoms with Crippen LogP contribution in [0.4, 0.5) is 13.2 Å². The number of hydrogen-bond donors (Lipinski definition) is 3. The van der Waals surface area contributed by atoms with Crippen molar-refractivity contribution < 1.29 is 32.6 Å². The molecule has 3 N–H and O–H groups in total. The maximum Gasteiger partial charge on any atom is 0.397 e. The second-order valence-corrected chi connectivity index (χ2v) is 9.51. The van der Waals surface area contributed by atoms with Crippen molar-refractivity contribution in [3.8, 4) is 5.75 Å². The van der Waals surface area contributed by atoms with E-state index in [0.29, 0.717) is 23.2 Å². The third-order valence-electron chi connectivity index (χ3n) is 5.20. The first kappa shape index (κ1) is 30.4. The molecule has 0 bridgehead atoms. The van der Waals surface area contributed by atoms with Crippen LogP contribution in [0.1, 0.15) is 38.3 Å². The quantitative estimate of drug-likeness (QED) is 0.292. The average molecular weight is 517 g/mol. The summed E-state index contributed by atoms with van der Waals surface area (Å²) in [6.45, 7) is 13.0. The maximum atomic E-state index is 12.9. The van der Waals surface area contributed by atoms with E-state index in [1.54, 1.807) is 7.11 Å². The molecule has 0 spiro atoms. The predicted octanol–water partition coefficient (Wildman–Crippen LogP) is 4.74. The molecule has 2 atom stereocenters. The number of nitrogens with one attached hydrogen (secondary N) is 2. The Bertz CT molecular complexity index is 903. The van der Waals surface area contributed by atoms with Crippen molar-refractivity contribution in [3.05, 3.63) is 53.9 Å². The van der Waals surface area contributed by atoms with Gasteiger partial charge in [-0.15, -0.1) is 11.8 Å². The number of methoxy groups -OCH3 is 1. The number of ketones is 1. The van der Waals surface area contributed by atoms with Crippen LogP contribution in [-0.4, -0.2) is 53.7 Å². The lowest BCUT2D eigenvalue weighted by molar-refractivity contribution is -0.121. The number of benzene rings is 1. The Morgan fingerprint density at radius 1 is 1.17 bits per heavy atom. The molecule has 0 heterocycles. The number of aliphatic hydroxyl groups is 1. The summed E-state index contributed by atoms with van der Waals surface area (Å²) in [6, 6.07) is 3.97. The molecule has 0 saturated heterocycles. The summed E-state index contributed by atoms with van der Waals surface area (Å²) in [5.74, 6) is -2.10. The highest BCUT2D eigenvalue weighted by Gasteiger charge is 2.29. The Kier molecular flexibility index (Phi) is 12.2. The van der Waals surface area contributed by atoms with E-state index in [9.17, 15) is 27.9 Å². The average Bonchev–Trinajstić information content (AvgIpc) is 2.75. The zero-order valence-electron chi connectivity index (χ0n) is 20.6. The number of aliphatic hydroxyl groups excluding tert-OH is 1. The summed E-state index contributed by atoms with van der Waals surface area (Å²) in [5.41, 5.74) is 2.16. The van der Waals surface area contributed by atoms with Gasteiger partial charge in [0.15, 0.2) is 5.78 Å². The van der Waals surface area contributed by atoms with Crippen molar-refractivity contribution in [2.75, 3.05) is 18.6 Å². The molecule has 0 unspecified atom stereocenters. The summed E-state index contributed by atoms with van der Waals surface area (Å²) >= 11 is 0.448. The van der Waals surface area contributed by atoms with Crippen molar-refractivity contribution in [1.29, 1.82) is 0 Å². The Morgan fingerprint density at radius 2 is 1.83 bits per heavy atom. The van der Waals surface area contributed by atoms with Crippen LogP contribution in [-0.2, 0) is 22.4 Å². The van der Waals surface area contributed by atoms with Gasteiger partial charge >= 0.3 is 6.18 Å². The van der Waals surface area contributed by atoms with Crippen LogP contribution in [0.15, 0.2) is 42.8 Å². The lowest BCUT2D eigenvalue weighted by atomic mass is 9.98. The molecule has 0 aliphatic carbocycles. The number of amides is 1. The SMILES string of the molecule is C=C(O)C[C@H](NC(=C)[C@@H](NC(=O)Cc1cc(OC)ccc1CC)C(C)C)C(=O)CSCC(F)(F)F. The minimum absolute atomic E-state index is 0.109. The maximum absolute atomic E-state index is 12.9. The second kappa shape index (κ2) is 14.1. The van der Waals surface area contributed by atoms with Crippen molar-refractivity contribution in [3.63, 3.8) is 0 Å². The van der Waals surface area contributed by atoms with Gasteiger partial charge in [0.2, 0.25) is 5.91 Å². The third kappa shape index (κ3) is 11.1. The smallest absolute Gasteiger partial charge is 0.397 e. The summed E-state index contributed by atoms with van der Waals surface area (Å²) < 4.78 is 42.5. The molecule has 10 heteroatoms. The molecule has 0 aromatic heterocycles. The summed E-state index contributed by atoms with van der Waals surface area (Å²) in [7, 11) is 1.55. The molecular weight excluding hydrogens is 481 g/mol. The van der Waals surface area contributed by atoms with Crippen LogP contribution in [0.2, 0.25) is 0 Å². The highest BCUT2D eigenvalue weighted by molar-refractivity contribution is 8.00. The lowest BCUT2D eigenvalue weighted by Crippen LogP contribution is -2.48. The molecule has 0 aliphatic rings. The van der Waals surface area contributed by atoms with E-state index in [0.717, 1.165) is 17.5 Å². The molecule has 196 valence electrons. The van der Waals surface area contributed by atoms with E-state index in [-0.39, 0.29) is 30.4 Å². The number of carbonyl (C=O) groups is 2. The Hall–Kier alpha value is -2.62. The molecule has 1 amide bonds. The highest BCUT2D eigenvalue weighted by Crippen LogP contribution is 2.22. The van der Waals surface area contributed by atoms with E-state index in [1.165, 1.54) is 0 Å². The van der Waals surface area contributed by atoms with E-state index < -0.39 is 35.5 Å². The van der Waals surface area contributed by atoms with E-state index in [1.807, 2.05) is 39.0 Å². The Balaban J connectivity index is 2.91. The van der Waals surface area contributed by atoms with Crippen molar-refractivity contribution >= 4 is 23.5 Å². The van der Waals surface area contributed by atoms with Gasteiger partial charge in [0, 0.05) is 12.1 Å². The highest BCUT2D eigenvalue weighted by atomic mass is 32.2. The Labute approximate surface area is 209 Å². The molecule has 6 nitrogen and oxygen atoms in total. The van der Waals surface area contributed by atoms with Gasteiger partial charge in [-0.25, -0.2) is 0 Å². The fourth-order valence-electron chi connectivity index (χ4n) is 3.45. The number of carbonyl (C=O) groups excluding carboxylic acids is 2. The third-order valence-corrected chi connectivity index (χ3v) is 6.22. The van der Waals surface area contributed by atoms with Crippen molar-refractivity contribution in [2.45, 2.75) is 58.3 Å². The summed E-state index contributed by atoms with van der Waals surface area (Å²) in [6.07, 6.45) is -3.71. The molecule has 1 aromatic carbocycles. The van der Waals surface area contributed by atoms with Crippen molar-refractivity contribution in [1.82, 2.24) is 10.6 Å².